The molecule has 0 aromatic carbocycles. The fourth-order valence-corrected chi connectivity index (χ4v) is 1.53. The fourth-order valence-electron chi connectivity index (χ4n) is 1.53. The zero-order chi connectivity index (χ0) is 10.3. The van der Waals surface area contributed by atoms with Crippen molar-refractivity contribution >= 4 is 11.0 Å². The van der Waals surface area contributed by atoms with Gasteiger partial charge in [0.15, 0.2) is 5.82 Å². The summed E-state index contributed by atoms with van der Waals surface area (Å²) in [6.45, 7) is 0. The Morgan fingerprint density at radius 1 is 1.20 bits per heavy atom. The summed E-state index contributed by atoms with van der Waals surface area (Å²) < 4.78 is 3.55. The van der Waals surface area contributed by atoms with Crippen molar-refractivity contribution in [3.05, 3.63) is 31.2 Å². The molecule has 3 rings (SSSR count). The highest BCUT2D eigenvalue weighted by Crippen LogP contribution is 2.16. The van der Waals surface area contributed by atoms with E-state index in [1.807, 2.05) is 17.7 Å². The van der Waals surface area contributed by atoms with Gasteiger partial charge in [-0.1, -0.05) is 0 Å². The first-order valence-corrected chi connectivity index (χ1v) is 4.47. The largest absolute Gasteiger partial charge is 0.334 e. The molecular formula is C9H8N6. The van der Waals surface area contributed by atoms with E-state index >= 15 is 0 Å². The minimum Gasteiger partial charge on any atom is -0.334 e. The Hall–Kier alpha value is -2.24. The number of hydrogen-bond donors (Lipinski definition) is 0. The molecule has 3 aromatic heterocycles. The third-order valence-corrected chi connectivity index (χ3v) is 2.26. The van der Waals surface area contributed by atoms with Crippen LogP contribution in [0.4, 0.5) is 0 Å². The van der Waals surface area contributed by atoms with E-state index in [0.29, 0.717) is 5.82 Å². The minimum absolute atomic E-state index is 0.700. The van der Waals surface area contributed by atoms with E-state index in [4.69, 9.17) is 0 Å². The van der Waals surface area contributed by atoms with E-state index < -0.39 is 0 Å². The average molecular weight is 200 g/mol. The molecule has 0 aliphatic carbocycles. The van der Waals surface area contributed by atoms with Crippen LogP contribution in [0.5, 0.6) is 0 Å². The zero-order valence-corrected chi connectivity index (χ0v) is 8.07. The molecule has 3 heterocycles. The van der Waals surface area contributed by atoms with Crippen molar-refractivity contribution in [1.82, 2.24) is 29.3 Å². The molecule has 0 amide bonds. The van der Waals surface area contributed by atoms with E-state index in [9.17, 15) is 0 Å². The number of fused-ring (bicyclic) bond motifs is 1. The van der Waals surface area contributed by atoms with Crippen LogP contribution < -0.4 is 0 Å². The van der Waals surface area contributed by atoms with Crippen LogP contribution in [0.1, 0.15) is 0 Å². The number of nitrogens with zero attached hydrogens (tertiary/aromatic N) is 6. The smallest absolute Gasteiger partial charge is 0.183 e. The predicted molar refractivity (Wildman–Crippen MR) is 53.4 cm³/mol. The van der Waals surface area contributed by atoms with Gasteiger partial charge in [-0.05, 0) is 6.07 Å². The molecule has 15 heavy (non-hydrogen) atoms. The molecule has 6 heteroatoms. The van der Waals surface area contributed by atoms with Gasteiger partial charge in [0.05, 0.1) is 11.8 Å². The van der Waals surface area contributed by atoms with Crippen molar-refractivity contribution < 1.29 is 0 Å². The summed E-state index contributed by atoms with van der Waals surface area (Å²) in [6.07, 6.45) is 6.58. The lowest BCUT2D eigenvalue weighted by Gasteiger charge is -2.00. The second kappa shape index (κ2) is 2.88. The standard InChI is InChI=1S/C9H8N6/c1-14-6-12-8-7(14)2-3-11-9(8)15-5-10-4-13-15/h2-6H,1H3. The van der Waals surface area contributed by atoms with Crippen LogP contribution in [-0.4, -0.2) is 29.3 Å². The van der Waals surface area contributed by atoms with Crippen LogP contribution in [0.25, 0.3) is 16.9 Å². The predicted octanol–water partition coefficient (Wildman–Crippen LogP) is 0.549. The highest BCUT2D eigenvalue weighted by molar-refractivity contribution is 5.81. The summed E-state index contributed by atoms with van der Waals surface area (Å²) in [7, 11) is 1.94. The van der Waals surface area contributed by atoms with Gasteiger partial charge in [0.1, 0.15) is 18.2 Å². The molecule has 74 valence electrons. The summed E-state index contributed by atoms with van der Waals surface area (Å²) in [5, 5.41) is 4.04. The van der Waals surface area contributed by atoms with Crippen molar-refractivity contribution in [3.63, 3.8) is 0 Å². The highest BCUT2D eigenvalue weighted by atomic mass is 15.3. The zero-order valence-electron chi connectivity index (χ0n) is 8.07. The van der Waals surface area contributed by atoms with Crippen LogP contribution in [0, 0.1) is 0 Å². The van der Waals surface area contributed by atoms with Crippen molar-refractivity contribution in [1.29, 1.82) is 0 Å². The van der Waals surface area contributed by atoms with Gasteiger partial charge in [0.25, 0.3) is 0 Å². The average Bonchev–Trinajstić information content (AvgIpc) is 2.88. The molecule has 0 spiro atoms. The minimum atomic E-state index is 0.700. The summed E-state index contributed by atoms with van der Waals surface area (Å²) in [5.41, 5.74) is 1.85. The van der Waals surface area contributed by atoms with Crippen LogP contribution in [0.3, 0.4) is 0 Å². The van der Waals surface area contributed by atoms with Gasteiger partial charge in [-0.3, -0.25) is 0 Å². The normalized spacial score (nSPS) is 11.0. The Morgan fingerprint density at radius 3 is 2.93 bits per heavy atom. The quantitative estimate of drug-likeness (QED) is 0.575. The van der Waals surface area contributed by atoms with Gasteiger partial charge in [-0.2, -0.15) is 5.10 Å². The third-order valence-electron chi connectivity index (χ3n) is 2.26. The van der Waals surface area contributed by atoms with Gasteiger partial charge in [-0.25, -0.2) is 19.6 Å². The SMILES string of the molecule is Cn1cnc2c(-n3cncn3)nccc21. The van der Waals surface area contributed by atoms with Crippen molar-refractivity contribution in [2.24, 2.45) is 7.05 Å². The summed E-state index contributed by atoms with van der Waals surface area (Å²) in [6, 6.07) is 1.92. The maximum Gasteiger partial charge on any atom is 0.183 e. The van der Waals surface area contributed by atoms with Gasteiger partial charge in [0.2, 0.25) is 0 Å². The number of pyridine rings is 1. The lowest BCUT2D eigenvalue weighted by molar-refractivity contribution is 0.852. The van der Waals surface area contributed by atoms with Crippen LogP contribution in [-0.2, 0) is 7.05 Å². The van der Waals surface area contributed by atoms with E-state index in [-0.39, 0.29) is 0 Å². The Bertz CT molecular complexity index is 594. The first-order valence-electron chi connectivity index (χ1n) is 4.47. The second-order valence-electron chi connectivity index (χ2n) is 3.20. The summed E-state index contributed by atoms with van der Waals surface area (Å²) in [5.74, 6) is 0.700. The maximum absolute atomic E-state index is 4.29. The summed E-state index contributed by atoms with van der Waals surface area (Å²) in [4.78, 5) is 12.4. The van der Waals surface area contributed by atoms with Crippen LogP contribution >= 0.6 is 0 Å². The number of rotatable bonds is 1. The van der Waals surface area contributed by atoms with Gasteiger partial charge < -0.3 is 4.57 Å². The van der Waals surface area contributed by atoms with E-state index in [0.717, 1.165) is 11.0 Å². The number of aromatic nitrogens is 6. The molecular weight excluding hydrogens is 192 g/mol. The lowest BCUT2D eigenvalue weighted by Crippen LogP contribution is -1.99. The molecule has 6 nitrogen and oxygen atoms in total. The third kappa shape index (κ3) is 1.11. The molecule has 0 bridgehead atoms. The van der Waals surface area contributed by atoms with E-state index in [2.05, 4.69) is 20.1 Å². The van der Waals surface area contributed by atoms with Crippen molar-refractivity contribution in [3.8, 4) is 5.82 Å². The molecule has 3 aromatic rings. The monoisotopic (exact) mass is 200 g/mol. The van der Waals surface area contributed by atoms with E-state index in [1.54, 1.807) is 23.5 Å². The summed E-state index contributed by atoms with van der Waals surface area (Å²) >= 11 is 0. The number of hydrogen-bond acceptors (Lipinski definition) is 4. The molecule has 0 aliphatic rings. The molecule has 0 saturated heterocycles. The molecule has 0 aliphatic heterocycles. The molecule has 0 saturated carbocycles. The number of imidazole rings is 1. The Kier molecular flexibility index (Phi) is 1.55. The molecule has 0 N–H and O–H groups in total. The first kappa shape index (κ1) is 8.10. The van der Waals surface area contributed by atoms with Gasteiger partial charge >= 0.3 is 0 Å². The highest BCUT2D eigenvalue weighted by Gasteiger charge is 2.08. The Morgan fingerprint density at radius 2 is 2.13 bits per heavy atom. The first-order chi connectivity index (χ1) is 7.36. The Balaban J connectivity index is 2.36. The van der Waals surface area contributed by atoms with Gasteiger partial charge in [0, 0.05) is 13.2 Å². The van der Waals surface area contributed by atoms with E-state index in [1.165, 1.54) is 6.33 Å². The lowest BCUT2D eigenvalue weighted by atomic mass is 10.4. The fraction of sp³-hybridized carbons (Fsp3) is 0.111. The van der Waals surface area contributed by atoms with Crippen molar-refractivity contribution in [2.45, 2.75) is 0 Å². The molecule has 0 atom stereocenters. The van der Waals surface area contributed by atoms with Crippen LogP contribution in [0.2, 0.25) is 0 Å². The molecule has 0 radical (unpaired) electrons. The number of aryl methyl sites for hydroxylation is 1. The molecule has 0 fully saturated rings. The molecule has 0 unspecified atom stereocenters. The second-order valence-corrected chi connectivity index (χ2v) is 3.20. The van der Waals surface area contributed by atoms with Gasteiger partial charge in [-0.15, -0.1) is 0 Å². The Labute approximate surface area is 85.2 Å². The topological polar surface area (TPSA) is 61.4 Å². The van der Waals surface area contributed by atoms with Crippen LogP contribution in [0.15, 0.2) is 31.2 Å². The van der Waals surface area contributed by atoms with Crippen molar-refractivity contribution in [2.75, 3.05) is 0 Å². The maximum atomic E-state index is 4.29.